The summed E-state index contributed by atoms with van der Waals surface area (Å²) in [5.41, 5.74) is 0.239. The van der Waals surface area contributed by atoms with Crippen molar-refractivity contribution in [1.82, 2.24) is 15.1 Å². The topological polar surface area (TPSA) is 69.7 Å². The van der Waals surface area contributed by atoms with Crippen LogP contribution in [-0.2, 0) is 9.59 Å². The minimum atomic E-state index is -0.860. The molecule has 1 aromatic carbocycles. The standard InChI is InChI=1S/C19H25N3O3/c1-3-19(4-2)17(24)22(18(25)20-19)13-16(23)21-12-8-11-15(21)14-9-6-5-7-10-14/h5-7,9-10,15H,3-4,8,11-13H2,1-2H3,(H,20,25). The molecule has 4 amide bonds. The van der Waals surface area contributed by atoms with Crippen LogP contribution in [0.25, 0.3) is 0 Å². The van der Waals surface area contributed by atoms with Crippen LogP contribution in [-0.4, -0.2) is 46.3 Å². The van der Waals surface area contributed by atoms with E-state index in [2.05, 4.69) is 5.32 Å². The smallest absolute Gasteiger partial charge is 0.325 e. The van der Waals surface area contributed by atoms with Crippen LogP contribution in [0.5, 0.6) is 0 Å². The van der Waals surface area contributed by atoms with Crippen LogP contribution in [0.15, 0.2) is 30.3 Å². The Morgan fingerprint density at radius 3 is 2.48 bits per heavy atom. The number of hydrogen-bond donors (Lipinski definition) is 1. The number of amides is 4. The number of rotatable bonds is 5. The van der Waals surface area contributed by atoms with Crippen LogP contribution in [0.2, 0.25) is 0 Å². The highest BCUT2D eigenvalue weighted by Crippen LogP contribution is 2.32. The van der Waals surface area contributed by atoms with Gasteiger partial charge in [0.2, 0.25) is 5.91 Å². The third-order valence-corrected chi connectivity index (χ3v) is 5.50. The second kappa shape index (κ2) is 6.86. The average molecular weight is 343 g/mol. The van der Waals surface area contributed by atoms with E-state index in [4.69, 9.17) is 0 Å². The highest BCUT2D eigenvalue weighted by molar-refractivity contribution is 6.09. The predicted octanol–water partition coefficient (Wildman–Crippen LogP) is 2.46. The largest absolute Gasteiger partial charge is 0.334 e. The monoisotopic (exact) mass is 343 g/mol. The number of likely N-dealkylation sites (tertiary alicyclic amines) is 1. The fraction of sp³-hybridized carbons (Fsp3) is 0.526. The number of nitrogens with zero attached hydrogens (tertiary/aromatic N) is 2. The van der Waals surface area contributed by atoms with Crippen molar-refractivity contribution in [2.45, 2.75) is 51.1 Å². The van der Waals surface area contributed by atoms with Gasteiger partial charge in [0.15, 0.2) is 0 Å². The Morgan fingerprint density at radius 2 is 1.88 bits per heavy atom. The first-order chi connectivity index (χ1) is 12.0. The number of carbonyl (C=O) groups excluding carboxylic acids is 3. The van der Waals surface area contributed by atoms with E-state index in [1.165, 1.54) is 0 Å². The number of urea groups is 1. The van der Waals surface area contributed by atoms with Crippen LogP contribution >= 0.6 is 0 Å². The number of nitrogens with one attached hydrogen (secondary N) is 1. The van der Waals surface area contributed by atoms with Crippen molar-refractivity contribution in [3.8, 4) is 0 Å². The van der Waals surface area contributed by atoms with E-state index >= 15 is 0 Å². The lowest BCUT2D eigenvalue weighted by Crippen LogP contribution is -2.47. The molecule has 6 nitrogen and oxygen atoms in total. The summed E-state index contributed by atoms with van der Waals surface area (Å²) < 4.78 is 0. The number of imide groups is 1. The van der Waals surface area contributed by atoms with Crippen LogP contribution in [0, 0.1) is 0 Å². The normalized spacial score (nSPS) is 22.4. The molecule has 0 spiro atoms. The summed E-state index contributed by atoms with van der Waals surface area (Å²) in [7, 11) is 0. The van der Waals surface area contributed by atoms with E-state index in [1.807, 2.05) is 44.2 Å². The minimum Gasteiger partial charge on any atom is -0.334 e. The molecular formula is C19H25N3O3. The molecule has 2 aliphatic rings. The van der Waals surface area contributed by atoms with Gasteiger partial charge in [-0.25, -0.2) is 4.79 Å². The van der Waals surface area contributed by atoms with Gasteiger partial charge < -0.3 is 10.2 Å². The quantitative estimate of drug-likeness (QED) is 0.835. The zero-order valence-corrected chi connectivity index (χ0v) is 14.8. The van der Waals surface area contributed by atoms with E-state index < -0.39 is 11.6 Å². The highest BCUT2D eigenvalue weighted by Gasteiger charge is 2.49. The molecule has 2 aliphatic heterocycles. The molecule has 3 rings (SSSR count). The first-order valence-corrected chi connectivity index (χ1v) is 9.01. The Morgan fingerprint density at radius 1 is 1.20 bits per heavy atom. The van der Waals surface area contributed by atoms with Gasteiger partial charge in [0.1, 0.15) is 12.1 Å². The molecule has 0 aromatic heterocycles. The molecule has 25 heavy (non-hydrogen) atoms. The summed E-state index contributed by atoms with van der Waals surface area (Å²) in [5, 5.41) is 2.77. The van der Waals surface area contributed by atoms with Crippen molar-refractivity contribution in [3.05, 3.63) is 35.9 Å². The molecule has 0 bridgehead atoms. The van der Waals surface area contributed by atoms with E-state index in [9.17, 15) is 14.4 Å². The molecular weight excluding hydrogens is 318 g/mol. The van der Waals surface area contributed by atoms with Gasteiger partial charge >= 0.3 is 6.03 Å². The van der Waals surface area contributed by atoms with Crippen LogP contribution in [0.4, 0.5) is 4.79 Å². The van der Waals surface area contributed by atoms with E-state index in [1.54, 1.807) is 4.90 Å². The summed E-state index contributed by atoms with van der Waals surface area (Å²) in [4.78, 5) is 40.6. The Balaban J connectivity index is 1.74. The van der Waals surface area contributed by atoms with Crippen LogP contribution in [0.3, 0.4) is 0 Å². The highest BCUT2D eigenvalue weighted by atomic mass is 16.2. The molecule has 0 saturated carbocycles. The van der Waals surface area contributed by atoms with Crippen LogP contribution in [0.1, 0.15) is 51.1 Å². The molecule has 1 aromatic rings. The van der Waals surface area contributed by atoms with Crippen molar-refractivity contribution >= 4 is 17.8 Å². The number of carbonyl (C=O) groups is 3. The van der Waals surface area contributed by atoms with Crippen molar-refractivity contribution in [2.24, 2.45) is 0 Å². The summed E-state index contributed by atoms with van der Waals surface area (Å²) in [6.07, 6.45) is 2.88. The van der Waals surface area contributed by atoms with Gasteiger partial charge in [-0.1, -0.05) is 44.2 Å². The SMILES string of the molecule is CCC1(CC)NC(=O)N(CC(=O)N2CCCC2c2ccccc2)C1=O. The molecule has 1 N–H and O–H groups in total. The zero-order chi connectivity index (χ0) is 18.0. The fourth-order valence-corrected chi connectivity index (χ4v) is 3.86. The van der Waals surface area contributed by atoms with Gasteiger partial charge in [-0.2, -0.15) is 0 Å². The Bertz CT molecular complexity index is 670. The Kier molecular flexibility index (Phi) is 4.79. The lowest BCUT2D eigenvalue weighted by molar-refractivity contribution is -0.139. The lowest BCUT2D eigenvalue weighted by Gasteiger charge is -2.27. The van der Waals surface area contributed by atoms with Gasteiger partial charge in [-0.05, 0) is 31.2 Å². The molecule has 0 radical (unpaired) electrons. The zero-order valence-electron chi connectivity index (χ0n) is 14.8. The second-order valence-corrected chi connectivity index (χ2v) is 6.77. The molecule has 0 aliphatic carbocycles. The van der Waals surface area contributed by atoms with Crippen LogP contribution < -0.4 is 5.32 Å². The lowest BCUT2D eigenvalue weighted by atomic mass is 9.93. The summed E-state index contributed by atoms with van der Waals surface area (Å²) in [6, 6.07) is 9.48. The van der Waals surface area contributed by atoms with Gasteiger partial charge in [0.05, 0.1) is 6.04 Å². The van der Waals surface area contributed by atoms with E-state index in [-0.39, 0.29) is 24.4 Å². The molecule has 2 fully saturated rings. The third kappa shape index (κ3) is 3.01. The van der Waals surface area contributed by atoms with Crippen molar-refractivity contribution in [1.29, 1.82) is 0 Å². The van der Waals surface area contributed by atoms with E-state index in [0.29, 0.717) is 19.4 Å². The number of hydrogen-bond acceptors (Lipinski definition) is 3. The molecule has 2 heterocycles. The van der Waals surface area contributed by atoms with Crippen molar-refractivity contribution in [3.63, 3.8) is 0 Å². The minimum absolute atomic E-state index is 0.0246. The number of benzene rings is 1. The van der Waals surface area contributed by atoms with Gasteiger partial charge in [-0.15, -0.1) is 0 Å². The molecule has 2 saturated heterocycles. The molecule has 1 atom stereocenters. The van der Waals surface area contributed by atoms with Crippen molar-refractivity contribution < 1.29 is 14.4 Å². The summed E-state index contributed by atoms with van der Waals surface area (Å²) >= 11 is 0. The Hall–Kier alpha value is -2.37. The molecule has 6 heteroatoms. The molecule has 134 valence electrons. The third-order valence-electron chi connectivity index (χ3n) is 5.50. The van der Waals surface area contributed by atoms with Crippen molar-refractivity contribution in [2.75, 3.05) is 13.1 Å². The summed E-state index contributed by atoms with van der Waals surface area (Å²) in [5.74, 6) is -0.454. The maximum atomic E-state index is 12.8. The van der Waals surface area contributed by atoms with Gasteiger partial charge in [0.25, 0.3) is 5.91 Å². The van der Waals surface area contributed by atoms with E-state index in [0.717, 1.165) is 23.3 Å². The van der Waals surface area contributed by atoms with Gasteiger partial charge in [0, 0.05) is 6.54 Å². The Labute approximate surface area is 148 Å². The maximum Gasteiger partial charge on any atom is 0.325 e. The summed E-state index contributed by atoms with van der Waals surface area (Å²) in [6.45, 7) is 4.22. The second-order valence-electron chi connectivity index (χ2n) is 6.77. The average Bonchev–Trinajstić information content (AvgIpc) is 3.21. The first kappa shape index (κ1) is 17.5. The first-order valence-electron chi connectivity index (χ1n) is 9.01. The maximum absolute atomic E-state index is 12.8. The predicted molar refractivity (Wildman–Crippen MR) is 93.7 cm³/mol. The molecule has 1 unspecified atom stereocenters. The fourth-order valence-electron chi connectivity index (χ4n) is 3.86. The van der Waals surface area contributed by atoms with Gasteiger partial charge in [-0.3, -0.25) is 14.5 Å².